The van der Waals surface area contributed by atoms with E-state index in [-0.39, 0.29) is 18.9 Å². The Morgan fingerprint density at radius 1 is 1.25 bits per heavy atom. The molecule has 0 radical (unpaired) electrons. The van der Waals surface area contributed by atoms with Crippen LogP contribution in [0.1, 0.15) is 30.9 Å². The normalized spacial score (nSPS) is 10.7. The summed E-state index contributed by atoms with van der Waals surface area (Å²) < 4.78 is 0. The van der Waals surface area contributed by atoms with Gasteiger partial charge < -0.3 is 10.8 Å². The Bertz CT molecular complexity index is 460. The average Bonchev–Trinajstić information content (AvgIpc) is 2.37. The first-order valence-electron chi connectivity index (χ1n) is 6.82. The maximum atomic E-state index is 11.1. The summed E-state index contributed by atoms with van der Waals surface area (Å²) in [7, 11) is 0. The van der Waals surface area contributed by atoms with Gasteiger partial charge in [-0.15, -0.1) is 0 Å². The fraction of sp³-hybridized carbons (Fsp3) is 0.467. The van der Waals surface area contributed by atoms with Crippen LogP contribution >= 0.6 is 0 Å². The highest BCUT2D eigenvalue weighted by Crippen LogP contribution is 2.13. The highest BCUT2D eigenvalue weighted by atomic mass is 16.4. The van der Waals surface area contributed by atoms with Crippen molar-refractivity contribution in [1.82, 2.24) is 4.90 Å². The van der Waals surface area contributed by atoms with E-state index in [9.17, 15) is 9.59 Å². The van der Waals surface area contributed by atoms with Gasteiger partial charge in [-0.2, -0.15) is 0 Å². The summed E-state index contributed by atoms with van der Waals surface area (Å²) in [5.41, 5.74) is 6.98. The molecule has 5 heteroatoms. The molecule has 0 fully saturated rings. The summed E-state index contributed by atoms with van der Waals surface area (Å²) in [5.74, 6) is -1.22. The minimum absolute atomic E-state index is 0.00559. The number of aliphatic carboxylic acids is 1. The smallest absolute Gasteiger partial charge is 0.307 e. The lowest BCUT2D eigenvalue weighted by atomic mass is 10.0. The van der Waals surface area contributed by atoms with Crippen LogP contribution in [0, 0.1) is 0 Å². The summed E-state index contributed by atoms with van der Waals surface area (Å²) in [5, 5.41) is 8.92. The largest absolute Gasteiger partial charge is 0.481 e. The van der Waals surface area contributed by atoms with E-state index in [0.717, 1.165) is 30.5 Å². The molecule has 0 spiro atoms. The maximum absolute atomic E-state index is 11.1. The molecule has 0 bridgehead atoms. The topological polar surface area (TPSA) is 83.6 Å². The van der Waals surface area contributed by atoms with E-state index >= 15 is 0 Å². The number of carboxylic acids is 1. The molecule has 0 aromatic heterocycles. The zero-order valence-electron chi connectivity index (χ0n) is 11.8. The number of amides is 1. The molecular weight excluding hydrogens is 256 g/mol. The van der Waals surface area contributed by atoms with Gasteiger partial charge in [-0.1, -0.05) is 37.6 Å². The molecule has 1 aromatic rings. The third-order valence-corrected chi connectivity index (χ3v) is 3.06. The molecule has 0 saturated carbocycles. The molecule has 0 unspecified atom stereocenters. The molecule has 0 aliphatic carbocycles. The van der Waals surface area contributed by atoms with Gasteiger partial charge in [0.1, 0.15) is 0 Å². The van der Waals surface area contributed by atoms with E-state index in [0.29, 0.717) is 6.54 Å². The van der Waals surface area contributed by atoms with E-state index in [1.165, 1.54) is 0 Å². The summed E-state index contributed by atoms with van der Waals surface area (Å²) >= 11 is 0. The lowest BCUT2D eigenvalue weighted by Crippen LogP contribution is -2.34. The number of hydrogen-bond acceptors (Lipinski definition) is 3. The molecule has 0 aliphatic heterocycles. The second-order valence-corrected chi connectivity index (χ2v) is 4.87. The van der Waals surface area contributed by atoms with Crippen LogP contribution in [0.5, 0.6) is 0 Å². The SMILES string of the molecule is CCCCN(CC(N)=O)Cc1ccccc1CC(=O)O. The first-order valence-corrected chi connectivity index (χ1v) is 6.82. The molecular formula is C15H22N2O3. The van der Waals surface area contributed by atoms with Crippen molar-refractivity contribution in [3.05, 3.63) is 35.4 Å². The first-order chi connectivity index (χ1) is 9.52. The summed E-state index contributed by atoms with van der Waals surface area (Å²) in [6.07, 6.45) is 2.01. The van der Waals surface area contributed by atoms with Crippen molar-refractivity contribution in [3.63, 3.8) is 0 Å². The van der Waals surface area contributed by atoms with Crippen molar-refractivity contribution in [3.8, 4) is 0 Å². The highest BCUT2D eigenvalue weighted by Gasteiger charge is 2.12. The Kier molecular flexibility index (Phi) is 6.73. The number of unbranched alkanes of at least 4 members (excludes halogenated alkanes) is 1. The van der Waals surface area contributed by atoms with Crippen molar-refractivity contribution in [2.45, 2.75) is 32.7 Å². The number of carboxylic acid groups (broad SMARTS) is 1. The summed E-state index contributed by atoms with van der Waals surface area (Å²) in [6, 6.07) is 7.42. The zero-order valence-corrected chi connectivity index (χ0v) is 11.8. The third-order valence-electron chi connectivity index (χ3n) is 3.06. The average molecular weight is 278 g/mol. The fourth-order valence-corrected chi connectivity index (χ4v) is 2.10. The van der Waals surface area contributed by atoms with Gasteiger partial charge in [0.05, 0.1) is 13.0 Å². The number of carbonyl (C=O) groups is 2. The van der Waals surface area contributed by atoms with Gasteiger partial charge in [0.15, 0.2) is 0 Å². The van der Waals surface area contributed by atoms with Crippen LogP contribution in [0.2, 0.25) is 0 Å². The van der Waals surface area contributed by atoms with Gasteiger partial charge in [-0.25, -0.2) is 0 Å². The number of nitrogens with zero attached hydrogens (tertiary/aromatic N) is 1. The predicted molar refractivity (Wildman–Crippen MR) is 77.2 cm³/mol. The second kappa shape index (κ2) is 8.32. The lowest BCUT2D eigenvalue weighted by molar-refractivity contribution is -0.136. The quantitative estimate of drug-likeness (QED) is 0.715. The van der Waals surface area contributed by atoms with Crippen molar-refractivity contribution >= 4 is 11.9 Å². The highest BCUT2D eigenvalue weighted by molar-refractivity contribution is 5.76. The van der Waals surface area contributed by atoms with E-state index in [2.05, 4.69) is 6.92 Å². The number of rotatable bonds is 9. The van der Waals surface area contributed by atoms with Crippen LogP contribution in [-0.4, -0.2) is 35.0 Å². The van der Waals surface area contributed by atoms with Crippen molar-refractivity contribution in [1.29, 1.82) is 0 Å². The molecule has 5 nitrogen and oxygen atoms in total. The van der Waals surface area contributed by atoms with Gasteiger partial charge in [-0.3, -0.25) is 14.5 Å². The van der Waals surface area contributed by atoms with Crippen LogP contribution in [0.3, 0.4) is 0 Å². The lowest BCUT2D eigenvalue weighted by Gasteiger charge is -2.21. The summed E-state index contributed by atoms with van der Waals surface area (Å²) in [4.78, 5) is 23.9. The fourth-order valence-electron chi connectivity index (χ4n) is 2.10. The van der Waals surface area contributed by atoms with E-state index in [4.69, 9.17) is 10.8 Å². The second-order valence-electron chi connectivity index (χ2n) is 4.87. The van der Waals surface area contributed by atoms with Crippen LogP contribution in [0.25, 0.3) is 0 Å². The molecule has 1 aromatic carbocycles. The standard InChI is InChI=1S/C15H22N2O3/c1-2-3-8-17(11-14(16)18)10-13-7-5-4-6-12(13)9-15(19)20/h4-7H,2-3,8-11H2,1H3,(H2,16,18)(H,19,20). The van der Waals surface area contributed by atoms with Gasteiger partial charge in [0, 0.05) is 6.54 Å². The van der Waals surface area contributed by atoms with E-state index in [1.807, 2.05) is 29.2 Å². The van der Waals surface area contributed by atoms with Gasteiger partial charge in [0.2, 0.25) is 5.91 Å². The molecule has 0 heterocycles. The number of nitrogens with two attached hydrogens (primary N) is 1. The number of primary amides is 1. The third kappa shape index (κ3) is 5.84. The number of benzene rings is 1. The van der Waals surface area contributed by atoms with Gasteiger partial charge >= 0.3 is 5.97 Å². The monoisotopic (exact) mass is 278 g/mol. The Morgan fingerprint density at radius 3 is 2.45 bits per heavy atom. The molecule has 0 saturated heterocycles. The minimum Gasteiger partial charge on any atom is -0.481 e. The first kappa shape index (κ1) is 16.2. The van der Waals surface area contributed by atoms with Crippen LogP contribution < -0.4 is 5.73 Å². The van der Waals surface area contributed by atoms with Crippen molar-refractivity contribution < 1.29 is 14.7 Å². The number of hydrogen-bond donors (Lipinski definition) is 2. The van der Waals surface area contributed by atoms with E-state index < -0.39 is 5.97 Å². The van der Waals surface area contributed by atoms with Crippen molar-refractivity contribution in [2.24, 2.45) is 5.73 Å². The van der Waals surface area contributed by atoms with Crippen molar-refractivity contribution in [2.75, 3.05) is 13.1 Å². The Morgan fingerprint density at radius 2 is 1.90 bits per heavy atom. The Hall–Kier alpha value is -1.88. The van der Waals surface area contributed by atoms with Crippen LogP contribution in [0.15, 0.2) is 24.3 Å². The minimum atomic E-state index is -0.854. The van der Waals surface area contributed by atoms with Gasteiger partial charge in [0.25, 0.3) is 0 Å². The van der Waals surface area contributed by atoms with E-state index in [1.54, 1.807) is 0 Å². The zero-order chi connectivity index (χ0) is 15.0. The molecule has 0 atom stereocenters. The Balaban J connectivity index is 2.80. The summed E-state index contributed by atoms with van der Waals surface area (Å²) in [6.45, 7) is 3.61. The number of carbonyl (C=O) groups excluding carboxylic acids is 1. The molecule has 20 heavy (non-hydrogen) atoms. The molecule has 1 rings (SSSR count). The molecule has 110 valence electrons. The van der Waals surface area contributed by atoms with Gasteiger partial charge in [-0.05, 0) is 24.1 Å². The molecule has 3 N–H and O–H groups in total. The molecule has 1 amide bonds. The van der Waals surface area contributed by atoms with Crippen LogP contribution in [-0.2, 0) is 22.6 Å². The van der Waals surface area contributed by atoms with Crippen LogP contribution in [0.4, 0.5) is 0 Å². The maximum Gasteiger partial charge on any atom is 0.307 e. The predicted octanol–water partition coefficient (Wildman–Crippen LogP) is 1.40. The molecule has 0 aliphatic rings. The Labute approximate surface area is 119 Å².